The third-order valence-corrected chi connectivity index (χ3v) is 1.79. The summed E-state index contributed by atoms with van der Waals surface area (Å²) in [6.07, 6.45) is 5.12. The van der Waals surface area contributed by atoms with Gasteiger partial charge in [-0.3, -0.25) is 4.98 Å². The van der Waals surface area contributed by atoms with Crippen molar-refractivity contribution in [2.75, 3.05) is 0 Å². The van der Waals surface area contributed by atoms with Crippen LogP contribution in [0.4, 0.5) is 0 Å². The van der Waals surface area contributed by atoms with Crippen LogP contribution in [0.5, 0.6) is 0 Å². The fourth-order valence-corrected chi connectivity index (χ4v) is 0.886. The molecular formula is C8H8ClN. The molecule has 1 heterocycles. The second-order valence-electron chi connectivity index (χ2n) is 2.04. The Hall–Kier alpha value is -0.820. The van der Waals surface area contributed by atoms with Crippen molar-refractivity contribution in [3.63, 3.8) is 0 Å². The molecule has 10 heavy (non-hydrogen) atoms. The van der Waals surface area contributed by atoms with E-state index in [1.54, 1.807) is 18.5 Å². The monoisotopic (exact) mass is 153 g/mol. The van der Waals surface area contributed by atoms with Crippen LogP contribution in [0.2, 0.25) is 5.02 Å². The number of rotatable bonds is 1. The van der Waals surface area contributed by atoms with E-state index in [2.05, 4.69) is 11.6 Å². The first-order valence-corrected chi connectivity index (χ1v) is 3.36. The van der Waals surface area contributed by atoms with Crippen LogP contribution in [-0.2, 0) is 0 Å². The van der Waals surface area contributed by atoms with Gasteiger partial charge in [-0.25, -0.2) is 0 Å². The fourth-order valence-electron chi connectivity index (χ4n) is 0.720. The van der Waals surface area contributed by atoms with Crippen LogP contribution in [0.3, 0.4) is 0 Å². The van der Waals surface area contributed by atoms with E-state index in [0.29, 0.717) is 5.02 Å². The number of nitrogens with zero attached hydrogens (tertiary/aromatic N) is 1. The summed E-state index contributed by atoms with van der Waals surface area (Å²) in [4.78, 5) is 3.91. The molecule has 0 aliphatic carbocycles. The molecular weight excluding hydrogens is 146 g/mol. The Balaban J connectivity index is 3.27. The third kappa shape index (κ3) is 1.19. The quantitative estimate of drug-likeness (QED) is 0.605. The molecule has 0 saturated carbocycles. The Morgan fingerprint density at radius 2 is 2.30 bits per heavy atom. The Morgan fingerprint density at radius 3 is 2.80 bits per heavy atom. The van der Waals surface area contributed by atoms with Gasteiger partial charge in [0, 0.05) is 12.4 Å². The highest BCUT2D eigenvalue weighted by Gasteiger charge is 1.97. The molecule has 0 radical (unpaired) electrons. The molecule has 0 saturated heterocycles. The van der Waals surface area contributed by atoms with Gasteiger partial charge in [-0.15, -0.1) is 0 Å². The maximum absolute atomic E-state index is 5.78. The largest absolute Gasteiger partial charge is 0.263 e. The lowest BCUT2D eigenvalue weighted by Crippen LogP contribution is -1.83. The molecule has 0 aliphatic rings. The summed E-state index contributed by atoms with van der Waals surface area (Å²) in [6, 6.07) is 0. The zero-order chi connectivity index (χ0) is 7.56. The first-order valence-electron chi connectivity index (χ1n) is 2.98. The maximum atomic E-state index is 5.78. The molecule has 0 spiro atoms. The summed E-state index contributed by atoms with van der Waals surface area (Å²) in [6.45, 7) is 5.58. The van der Waals surface area contributed by atoms with Crippen LogP contribution in [0.15, 0.2) is 19.0 Å². The molecule has 0 fully saturated rings. The van der Waals surface area contributed by atoms with Crippen molar-refractivity contribution in [3.8, 4) is 0 Å². The molecule has 1 nitrogen and oxygen atoms in total. The number of pyridine rings is 1. The smallest absolute Gasteiger partial charge is 0.0624 e. The molecule has 0 bridgehead atoms. The first kappa shape index (κ1) is 7.29. The SMILES string of the molecule is C=Cc1cncc(Cl)c1C. The van der Waals surface area contributed by atoms with E-state index in [9.17, 15) is 0 Å². The van der Waals surface area contributed by atoms with Crippen molar-refractivity contribution < 1.29 is 0 Å². The van der Waals surface area contributed by atoms with Crippen LogP contribution in [0.25, 0.3) is 6.08 Å². The average Bonchev–Trinajstić information content (AvgIpc) is 1.95. The van der Waals surface area contributed by atoms with Crippen molar-refractivity contribution in [2.24, 2.45) is 0 Å². The van der Waals surface area contributed by atoms with E-state index in [1.165, 1.54) is 0 Å². The summed E-state index contributed by atoms with van der Waals surface area (Å²) in [5.74, 6) is 0. The predicted molar refractivity (Wildman–Crippen MR) is 44.1 cm³/mol. The molecule has 0 aliphatic heterocycles. The molecule has 1 aromatic heterocycles. The maximum Gasteiger partial charge on any atom is 0.0624 e. The molecule has 2 heteroatoms. The first-order chi connectivity index (χ1) is 4.75. The van der Waals surface area contributed by atoms with Gasteiger partial charge in [-0.1, -0.05) is 24.3 Å². The highest BCUT2D eigenvalue weighted by atomic mass is 35.5. The lowest BCUT2D eigenvalue weighted by molar-refractivity contribution is 1.27. The van der Waals surface area contributed by atoms with Gasteiger partial charge in [0.05, 0.1) is 5.02 Å². The second-order valence-corrected chi connectivity index (χ2v) is 2.45. The number of hydrogen-bond donors (Lipinski definition) is 0. The van der Waals surface area contributed by atoms with Gasteiger partial charge in [0.15, 0.2) is 0 Å². The van der Waals surface area contributed by atoms with Gasteiger partial charge in [-0.2, -0.15) is 0 Å². The summed E-state index contributed by atoms with van der Waals surface area (Å²) < 4.78 is 0. The summed E-state index contributed by atoms with van der Waals surface area (Å²) in [5.41, 5.74) is 2.03. The second kappa shape index (κ2) is 2.84. The van der Waals surface area contributed by atoms with Crippen molar-refractivity contribution >= 4 is 17.7 Å². The van der Waals surface area contributed by atoms with Crippen LogP contribution < -0.4 is 0 Å². The molecule has 0 atom stereocenters. The van der Waals surface area contributed by atoms with Crippen molar-refractivity contribution in [2.45, 2.75) is 6.92 Å². The molecule has 1 rings (SSSR count). The Bertz CT molecular complexity index is 255. The zero-order valence-corrected chi connectivity index (χ0v) is 6.52. The minimum Gasteiger partial charge on any atom is -0.263 e. The number of halogens is 1. The van der Waals surface area contributed by atoms with Crippen LogP contribution in [-0.4, -0.2) is 4.98 Å². The van der Waals surface area contributed by atoms with Crippen LogP contribution in [0, 0.1) is 6.92 Å². The van der Waals surface area contributed by atoms with Gasteiger partial charge in [0.2, 0.25) is 0 Å². The molecule has 1 aromatic rings. The van der Waals surface area contributed by atoms with E-state index in [4.69, 9.17) is 11.6 Å². The van der Waals surface area contributed by atoms with Gasteiger partial charge >= 0.3 is 0 Å². The topological polar surface area (TPSA) is 12.9 Å². The third-order valence-electron chi connectivity index (χ3n) is 1.41. The highest BCUT2D eigenvalue weighted by molar-refractivity contribution is 6.31. The fraction of sp³-hybridized carbons (Fsp3) is 0.125. The molecule has 0 N–H and O–H groups in total. The van der Waals surface area contributed by atoms with E-state index < -0.39 is 0 Å². The predicted octanol–water partition coefficient (Wildman–Crippen LogP) is 2.69. The molecule has 0 unspecified atom stereocenters. The highest BCUT2D eigenvalue weighted by Crippen LogP contribution is 2.17. The van der Waals surface area contributed by atoms with E-state index in [1.807, 2.05) is 6.92 Å². The minimum atomic E-state index is 0.692. The van der Waals surface area contributed by atoms with E-state index >= 15 is 0 Å². The van der Waals surface area contributed by atoms with Crippen molar-refractivity contribution in [3.05, 3.63) is 35.1 Å². The van der Waals surface area contributed by atoms with Crippen LogP contribution >= 0.6 is 11.6 Å². The van der Waals surface area contributed by atoms with E-state index in [-0.39, 0.29) is 0 Å². The van der Waals surface area contributed by atoms with Gasteiger partial charge < -0.3 is 0 Å². The summed E-state index contributed by atoms with van der Waals surface area (Å²) in [5, 5.41) is 0.692. The average molecular weight is 154 g/mol. The molecule has 0 amide bonds. The van der Waals surface area contributed by atoms with Crippen molar-refractivity contribution in [1.29, 1.82) is 0 Å². The number of hydrogen-bond acceptors (Lipinski definition) is 1. The van der Waals surface area contributed by atoms with Gasteiger partial charge in [0.1, 0.15) is 0 Å². The van der Waals surface area contributed by atoms with Gasteiger partial charge in [0.25, 0.3) is 0 Å². The molecule has 52 valence electrons. The Morgan fingerprint density at radius 1 is 1.60 bits per heavy atom. The van der Waals surface area contributed by atoms with Crippen LogP contribution in [0.1, 0.15) is 11.1 Å². The summed E-state index contributed by atoms with van der Waals surface area (Å²) >= 11 is 5.78. The molecule has 0 aromatic carbocycles. The minimum absolute atomic E-state index is 0.692. The lowest BCUT2D eigenvalue weighted by Gasteiger charge is -1.99. The summed E-state index contributed by atoms with van der Waals surface area (Å²) in [7, 11) is 0. The lowest BCUT2D eigenvalue weighted by atomic mass is 10.2. The Kier molecular flexibility index (Phi) is 2.07. The normalized spacial score (nSPS) is 9.40. The van der Waals surface area contributed by atoms with Gasteiger partial charge in [-0.05, 0) is 18.1 Å². The van der Waals surface area contributed by atoms with E-state index in [0.717, 1.165) is 11.1 Å². The standard InChI is InChI=1S/C8H8ClN/c1-3-7-4-10-5-8(9)6(7)2/h3-5H,1H2,2H3. The zero-order valence-electron chi connectivity index (χ0n) is 5.76. The Labute approximate surface area is 65.4 Å². The number of aromatic nitrogens is 1. The van der Waals surface area contributed by atoms with Crippen molar-refractivity contribution in [1.82, 2.24) is 4.98 Å².